The minimum atomic E-state index is -4.41. The molecule has 0 bridgehead atoms. The van der Waals surface area contributed by atoms with Gasteiger partial charge in [-0.1, -0.05) is 12.2 Å². The van der Waals surface area contributed by atoms with E-state index in [-0.39, 0.29) is 0 Å². The molecule has 3 nitrogen and oxygen atoms in total. The summed E-state index contributed by atoms with van der Waals surface area (Å²) in [6, 6.07) is 0.985. The monoisotopic (exact) mass is 229 g/mol. The summed E-state index contributed by atoms with van der Waals surface area (Å²) in [6.45, 7) is 1.28. The zero-order chi connectivity index (χ0) is 11.6. The highest BCUT2D eigenvalue weighted by Crippen LogP contribution is 2.29. The van der Waals surface area contributed by atoms with Gasteiger partial charge in [-0.15, -0.1) is 0 Å². The zero-order valence-corrected chi connectivity index (χ0v) is 8.41. The van der Waals surface area contributed by atoms with Gasteiger partial charge in [0.1, 0.15) is 17.8 Å². The topological polar surface area (TPSA) is 29.0 Å². The summed E-state index contributed by atoms with van der Waals surface area (Å²) in [7, 11) is 0. The van der Waals surface area contributed by atoms with Crippen molar-refractivity contribution in [2.75, 3.05) is 18.0 Å². The maximum absolute atomic E-state index is 12.4. The molecule has 0 amide bonds. The molecule has 0 spiro atoms. The number of nitrogens with zero attached hydrogens (tertiary/aromatic N) is 3. The van der Waals surface area contributed by atoms with Crippen molar-refractivity contribution in [1.82, 2.24) is 9.97 Å². The van der Waals surface area contributed by atoms with Gasteiger partial charge < -0.3 is 4.90 Å². The lowest BCUT2D eigenvalue weighted by atomic mass is 10.2. The second kappa shape index (κ2) is 4.11. The minimum absolute atomic E-state index is 0.326. The second-order valence-electron chi connectivity index (χ2n) is 3.47. The van der Waals surface area contributed by atoms with Crippen LogP contribution in [-0.2, 0) is 6.18 Å². The Balaban J connectivity index is 2.25. The van der Waals surface area contributed by atoms with Crippen LogP contribution >= 0.6 is 0 Å². The molecule has 0 saturated carbocycles. The fraction of sp³-hybridized carbons (Fsp3) is 0.400. The number of anilines is 1. The van der Waals surface area contributed by atoms with Crippen LogP contribution in [0.1, 0.15) is 12.1 Å². The van der Waals surface area contributed by atoms with Crippen molar-refractivity contribution < 1.29 is 13.2 Å². The highest BCUT2D eigenvalue weighted by molar-refractivity contribution is 5.41. The van der Waals surface area contributed by atoms with E-state index in [1.165, 1.54) is 0 Å². The average molecular weight is 229 g/mol. The van der Waals surface area contributed by atoms with Crippen LogP contribution < -0.4 is 4.90 Å². The predicted molar refractivity (Wildman–Crippen MR) is 53.0 cm³/mol. The third-order valence-electron chi connectivity index (χ3n) is 2.33. The number of hydrogen-bond donors (Lipinski definition) is 0. The smallest absolute Gasteiger partial charge is 0.352 e. The Labute approximate surface area is 90.6 Å². The molecule has 0 N–H and O–H groups in total. The first-order valence-corrected chi connectivity index (χ1v) is 4.86. The normalized spacial score (nSPS) is 16.6. The fourth-order valence-corrected chi connectivity index (χ4v) is 1.52. The number of alkyl halides is 3. The van der Waals surface area contributed by atoms with Crippen LogP contribution in [0.3, 0.4) is 0 Å². The third kappa shape index (κ3) is 2.32. The maximum Gasteiger partial charge on any atom is 0.433 e. The van der Waals surface area contributed by atoms with Gasteiger partial charge in [-0.2, -0.15) is 13.2 Å². The first-order valence-electron chi connectivity index (χ1n) is 4.86. The number of hydrogen-bond acceptors (Lipinski definition) is 3. The van der Waals surface area contributed by atoms with E-state index in [1.54, 1.807) is 4.90 Å². The zero-order valence-electron chi connectivity index (χ0n) is 8.41. The van der Waals surface area contributed by atoms with Gasteiger partial charge in [0.15, 0.2) is 0 Å². The van der Waals surface area contributed by atoms with E-state index in [2.05, 4.69) is 9.97 Å². The highest BCUT2D eigenvalue weighted by atomic mass is 19.4. The van der Waals surface area contributed by atoms with E-state index < -0.39 is 11.9 Å². The summed E-state index contributed by atoms with van der Waals surface area (Å²) >= 11 is 0. The van der Waals surface area contributed by atoms with Crippen LogP contribution in [0.5, 0.6) is 0 Å². The largest absolute Gasteiger partial charge is 0.433 e. The highest BCUT2D eigenvalue weighted by Gasteiger charge is 2.33. The fourth-order valence-electron chi connectivity index (χ4n) is 1.52. The summed E-state index contributed by atoms with van der Waals surface area (Å²) in [5.41, 5.74) is -0.896. The Kier molecular flexibility index (Phi) is 2.80. The summed E-state index contributed by atoms with van der Waals surface area (Å²) in [5, 5.41) is 0. The SMILES string of the molecule is FC(F)(F)c1cc(N2CC=CCC2)ncn1. The van der Waals surface area contributed by atoms with Gasteiger partial charge in [0.25, 0.3) is 0 Å². The molecule has 0 radical (unpaired) electrons. The molecular formula is C10H10F3N3. The lowest BCUT2D eigenvalue weighted by molar-refractivity contribution is -0.141. The van der Waals surface area contributed by atoms with Crippen LogP contribution in [0, 0.1) is 0 Å². The van der Waals surface area contributed by atoms with Crippen molar-refractivity contribution in [3.8, 4) is 0 Å². The Morgan fingerprint density at radius 3 is 2.62 bits per heavy atom. The Morgan fingerprint density at radius 1 is 1.19 bits per heavy atom. The van der Waals surface area contributed by atoms with Crippen molar-refractivity contribution >= 4 is 5.82 Å². The van der Waals surface area contributed by atoms with E-state index in [0.29, 0.717) is 18.9 Å². The maximum atomic E-state index is 12.4. The van der Waals surface area contributed by atoms with Crippen molar-refractivity contribution in [3.63, 3.8) is 0 Å². The van der Waals surface area contributed by atoms with Gasteiger partial charge in [0, 0.05) is 19.2 Å². The van der Waals surface area contributed by atoms with Crippen molar-refractivity contribution in [2.24, 2.45) is 0 Å². The molecule has 1 aliphatic heterocycles. The Bertz CT molecular complexity index is 401. The third-order valence-corrected chi connectivity index (χ3v) is 2.33. The second-order valence-corrected chi connectivity index (χ2v) is 3.47. The molecule has 0 unspecified atom stereocenters. The van der Waals surface area contributed by atoms with Crippen LogP contribution in [0.2, 0.25) is 0 Å². The van der Waals surface area contributed by atoms with Gasteiger partial charge in [-0.05, 0) is 6.42 Å². The Hall–Kier alpha value is -1.59. The van der Waals surface area contributed by atoms with Gasteiger partial charge in [0.05, 0.1) is 0 Å². The first-order chi connectivity index (χ1) is 7.57. The predicted octanol–water partition coefficient (Wildman–Crippen LogP) is 2.26. The summed E-state index contributed by atoms with van der Waals surface area (Å²) in [6.07, 6.45) is 1.28. The van der Waals surface area contributed by atoms with E-state index in [9.17, 15) is 13.2 Å². The quantitative estimate of drug-likeness (QED) is 0.692. The molecule has 0 aromatic carbocycles. The summed E-state index contributed by atoms with van der Waals surface area (Å²) in [4.78, 5) is 8.87. The van der Waals surface area contributed by atoms with Crippen LogP contribution in [0.25, 0.3) is 0 Å². The molecule has 2 rings (SSSR count). The molecule has 86 valence electrons. The molecule has 16 heavy (non-hydrogen) atoms. The van der Waals surface area contributed by atoms with Crippen LogP contribution in [0.15, 0.2) is 24.5 Å². The molecule has 0 fully saturated rings. The molecule has 1 aromatic rings. The average Bonchev–Trinajstić information content (AvgIpc) is 2.29. The van der Waals surface area contributed by atoms with Crippen molar-refractivity contribution in [3.05, 3.63) is 30.2 Å². The standard InChI is InChI=1S/C10H10F3N3/c11-10(12,13)8-6-9(15-7-14-8)16-4-2-1-3-5-16/h1-2,6-7H,3-5H2. The van der Waals surface area contributed by atoms with Crippen LogP contribution in [0.4, 0.5) is 19.0 Å². The lowest BCUT2D eigenvalue weighted by Crippen LogP contribution is -2.28. The minimum Gasteiger partial charge on any atom is -0.352 e. The van der Waals surface area contributed by atoms with Crippen molar-refractivity contribution in [1.29, 1.82) is 0 Å². The van der Waals surface area contributed by atoms with E-state index in [1.807, 2.05) is 12.2 Å². The lowest BCUT2D eigenvalue weighted by Gasteiger charge is -2.24. The van der Waals surface area contributed by atoms with E-state index in [4.69, 9.17) is 0 Å². The molecule has 2 heterocycles. The number of aromatic nitrogens is 2. The molecule has 0 aliphatic carbocycles. The van der Waals surface area contributed by atoms with Gasteiger partial charge in [0.2, 0.25) is 0 Å². The molecule has 1 aliphatic rings. The van der Waals surface area contributed by atoms with Gasteiger partial charge >= 0.3 is 6.18 Å². The summed E-state index contributed by atoms with van der Waals surface area (Å²) in [5.74, 6) is 0.326. The first kappa shape index (κ1) is 10.9. The molecule has 6 heteroatoms. The molecule has 1 aromatic heterocycles. The van der Waals surface area contributed by atoms with Crippen molar-refractivity contribution in [2.45, 2.75) is 12.6 Å². The van der Waals surface area contributed by atoms with E-state index in [0.717, 1.165) is 18.8 Å². The summed E-state index contributed by atoms with van der Waals surface area (Å²) < 4.78 is 37.2. The number of halogens is 3. The molecule has 0 saturated heterocycles. The van der Waals surface area contributed by atoms with E-state index >= 15 is 0 Å². The molecular weight excluding hydrogens is 219 g/mol. The Morgan fingerprint density at radius 2 is 2.00 bits per heavy atom. The number of rotatable bonds is 1. The van der Waals surface area contributed by atoms with Gasteiger partial charge in [-0.25, -0.2) is 9.97 Å². The molecule has 0 atom stereocenters. The van der Waals surface area contributed by atoms with Gasteiger partial charge in [-0.3, -0.25) is 0 Å². The van der Waals surface area contributed by atoms with Crippen LogP contribution in [-0.4, -0.2) is 23.1 Å².